The number of hydrogen-bond donors (Lipinski definition) is 1. The molecule has 100 valence electrons. The maximum absolute atomic E-state index is 11.5. The van der Waals surface area contributed by atoms with Gasteiger partial charge in [-0.25, -0.2) is 0 Å². The normalized spacial score (nSPS) is 22.3. The summed E-state index contributed by atoms with van der Waals surface area (Å²) in [6.07, 6.45) is 5.51. The molecule has 2 rings (SSSR count). The molecule has 3 heteroatoms. The van der Waals surface area contributed by atoms with E-state index in [-0.39, 0.29) is 11.2 Å². The number of carbonyl (C=O) groups excluding carboxylic acids is 1. The van der Waals surface area contributed by atoms with Crippen molar-refractivity contribution in [3.8, 4) is 0 Å². The van der Waals surface area contributed by atoms with Gasteiger partial charge in [0.15, 0.2) is 5.78 Å². The van der Waals surface area contributed by atoms with Crippen LogP contribution in [0.1, 0.15) is 19.4 Å². The fourth-order valence-electron chi connectivity index (χ4n) is 2.19. The largest absolute Gasteiger partial charge is 0.378 e. The van der Waals surface area contributed by atoms with Crippen LogP contribution in [0.2, 0.25) is 0 Å². The smallest absolute Gasteiger partial charge is 0.165 e. The van der Waals surface area contributed by atoms with Crippen LogP contribution < -0.4 is 5.32 Å². The van der Waals surface area contributed by atoms with Crippen LogP contribution in [0.4, 0.5) is 0 Å². The molecule has 0 aliphatic carbocycles. The van der Waals surface area contributed by atoms with E-state index in [2.05, 4.69) is 42.7 Å². The highest BCUT2D eigenvalue weighted by Gasteiger charge is 2.26. The summed E-state index contributed by atoms with van der Waals surface area (Å²) in [6.45, 7) is 4.07. The average Bonchev–Trinajstić information content (AvgIpc) is 2.79. The number of hydrogen-bond acceptors (Lipinski definition) is 3. The van der Waals surface area contributed by atoms with Crippen molar-refractivity contribution in [2.45, 2.75) is 19.2 Å². The van der Waals surface area contributed by atoms with E-state index < -0.39 is 0 Å². The Morgan fingerprint density at radius 1 is 1.37 bits per heavy atom. The maximum Gasteiger partial charge on any atom is 0.165 e. The Bertz CT molecular complexity index is 493. The lowest BCUT2D eigenvalue weighted by atomic mass is 9.97. The molecule has 0 fully saturated rings. The van der Waals surface area contributed by atoms with Crippen LogP contribution in [-0.4, -0.2) is 16.9 Å². The number of thioether (sulfide) groups is 1. The van der Waals surface area contributed by atoms with Gasteiger partial charge < -0.3 is 5.32 Å². The van der Waals surface area contributed by atoms with Gasteiger partial charge >= 0.3 is 0 Å². The molecule has 0 aromatic heterocycles. The SMILES string of the molecule is C/C=C/C(=O)CSC1NC=C(c2ccccc2)C1C. The van der Waals surface area contributed by atoms with Gasteiger partial charge in [0.25, 0.3) is 0 Å². The summed E-state index contributed by atoms with van der Waals surface area (Å²) in [5, 5.41) is 3.66. The average molecular weight is 273 g/mol. The molecule has 0 bridgehead atoms. The van der Waals surface area contributed by atoms with Crippen LogP contribution in [0.15, 0.2) is 48.7 Å². The fourth-order valence-corrected chi connectivity index (χ4v) is 3.23. The Morgan fingerprint density at radius 3 is 2.79 bits per heavy atom. The number of ketones is 1. The van der Waals surface area contributed by atoms with Crippen molar-refractivity contribution in [3.05, 3.63) is 54.2 Å². The molecule has 1 aromatic rings. The van der Waals surface area contributed by atoms with Gasteiger partial charge in [-0.15, -0.1) is 11.8 Å². The third kappa shape index (κ3) is 3.51. The minimum atomic E-state index is 0.176. The van der Waals surface area contributed by atoms with Gasteiger partial charge in [-0.3, -0.25) is 4.79 Å². The minimum Gasteiger partial charge on any atom is -0.378 e. The molecule has 1 aromatic carbocycles. The molecule has 0 amide bonds. The predicted octanol–water partition coefficient (Wildman–Crippen LogP) is 3.47. The Labute approximate surface area is 119 Å². The van der Waals surface area contributed by atoms with Crippen LogP contribution in [0.5, 0.6) is 0 Å². The van der Waals surface area contributed by atoms with Gasteiger partial charge in [0.05, 0.1) is 11.1 Å². The summed E-state index contributed by atoms with van der Waals surface area (Å²) in [4.78, 5) is 11.5. The van der Waals surface area contributed by atoms with Gasteiger partial charge in [0.1, 0.15) is 0 Å². The van der Waals surface area contributed by atoms with Crippen molar-refractivity contribution in [1.29, 1.82) is 0 Å². The zero-order valence-corrected chi connectivity index (χ0v) is 12.1. The molecule has 2 atom stereocenters. The second kappa shape index (κ2) is 6.62. The quantitative estimate of drug-likeness (QED) is 0.833. The number of carbonyl (C=O) groups is 1. The van der Waals surface area contributed by atoms with Gasteiger partial charge in [0, 0.05) is 12.1 Å². The Kier molecular flexibility index (Phi) is 4.86. The van der Waals surface area contributed by atoms with Crippen LogP contribution in [0.25, 0.3) is 5.57 Å². The molecule has 1 aliphatic rings. The number of nitrogens with one attached hydrogen (secondary N) is 1. The molecule has 19 heavy (non-hydrogen) atoms. The topological polar surface area (TPSA) is 29.1 Å². The van der Waals surface area contributed by atoms with E-state index in [9.17, 15) is 4.79 Å². The van der Waals surface area contributed by atoms with E-state index >= 15 is 0 Å². The summed E-state index contributed by atoms with van der Waals surface area (Å²) < 4.78 is 0. The van der Waals surface area contributed by atoms with Gasteiger partial charge in [-0.05, 0) is 24.1 Å². The van der Waals surface area contributed by atoms with Crippen molar-refractivity contribution in [1.82, 2.24) is 5.32 Å². The summed E-state index contributed by atoms with van der Waals surface area (Å²) in [6, 6.07) is 10.4. The molecule has 2 unspecified atom stereocenters. The number of benzene rings is 1. The maximum atomic E-state index is 11.5. The van der Waals surface area contributed by atoms with Crippen molar-refractivity contribution < 1.29 is 4.79 Å². The van der Waals surface area contributed by atoms with E-state index in [0.717, 1.165) is 0 Å². The lowest BCUT2D eigenvalue weighted by Crippen LogP contribution is -2.23. The second-order valence-electron chi connectivity index (χ2n) is 4.62. The number of rotatable bonds is 5. The lowest BCUT2D eigenvalue weighted by Gasteiger charge is -2.17. The molecule has 1 aliphatic heterocycles. The molecule has 0 saturated carbocycles. The van der Waals surface area contributed by atoms with Gasteiger partial charge in [-0.1, -0.05) is 43.3 Å². The van der Waals surface area contributed by atoms with Crippen molar-refractivity contribution in [2.24, 2.45) is 5.92 Å². The first-order valence-corrected chi connectivity index (χ1v) is 7.56. The molecule has 0 spiro atoms. The zero-order valence-electron chi connectivity index (χ0n) is 11.3. The lowest BCUT2D eigenvalue weighted by molar-refractivity contribution is -0.112. The Balaban J connectivity index is 1.94. The highest BCUT2D eigenvalue weighted by Crippen LogP contribution is 2.34. The number of allylic oxidation sites excluding steroid dienone is 2. The Morgan fingerprint density at radius 2 is 2.11 bits per heavy atom. The molecule has 0 saturated heterocycles. The fraction of sp³-hybridized carbons (Fsp3) is 0.312. The molecular formula is C16H19NOS. The second-order valence-corrected chi connectivity index (χ2v) is 5.75. The summed E-state index contributed by atoms with van der Waals surface area (Å²) >= 11 is 1.67. The highest BCUT2D eigenvalue weighted by atomic mass is 32.2. The van der Waals surface area contributed by atoms with E-state index in [1.54, 1.807) is 23.9 Å². The molecular weight excluding hydrogens is 254 g/mol. The monoisotopic (exact) mass is 273 g/mol. The summed E-state index contributed by atoms with van der Waals surface area (Å²) in [5.41, 5.74) is 2.57. The highest BCUT2D eigenvalue weighted by molar-refractivity contribution is 8.00. The van der Waals surface area contributed by atoms with E-state index in [1.807, 2.05) is 13.0 Å². The van der Waals surface area contributed by atoms with E-state index in [1.165, 1.54) is 11.1 Å². The minimum absolute atomic E-state index is 0.176. The molecule has 1 N–H and O–H groups in total. The van der Waals surface area contributed by atoms with Crippen molar-refractivity contribution in [3.63, 3.8) is 0 Å². The first-order valence-electron chi connectivity index (χ1n) is 6.51. The Hall–Kier alpha value is -1.48. The third-order valence-electron chi connectivity index (χ3n) is 3.21. The third-order valence-corrected chi connectivity index (χ3v) is 4.57. The van der Waals surface area contributed by atoms with Crippen molar-refractivity contribution >= 4 is 23.1 Å². The molecule has 0 radical (unpaired) electrons. The standard InChI is InChI=1S/C16H19NOS/c1-3-7-14(18)11-19-16-12(2)15(10-17-16)13-8-5-4-6-9-13/h3-10,12,16-17H,11H2,1-2H3/b7-3+. The first-order chi connectivity index (χ1) is 9.22. The summed E-state index contributed by atoms with van der Waals surface area (Å²) in [5.74, 6) is 1.11. The van der Waals surface area contributed by atoms with E-state index in [4.69, 9.17) is 0 Å². The first kappa shape index (κ1) is 13.9. The van der Waals surface area contributed by atoms with Crippen LogP contribution in [0.3, 0.4) is 0 Å². The molecule has 2 nitrogen and oxygen atoms in total. The van der Waals surface area contributed by atoms with Crippen LogP contribution in [0, 0.1) is 5.92 Å². The zero-order chi connectivity index (χ0) is 13.7. The van der Waals surface area contributed by atoms with Crippen LogP contribution in [-0.2, 0) is 4.79 Å². The van der Waals surface area contributed by atoms with Gasteiger partial charge in [-0.2, -0.15) is 0 Å². The van der Waals surface area contributed by atoms with Crippen LogP contribution >= 0.6 is 11.8 Å². The van der Waals surface area contributed by atoms with E-state index in [0.29, 0.717) is 11.7 Å². The van der Waals surface area contributed by atoms with Crippen molar-refractivity contribution in [2.75, 3.05) is 5.75 Å². The van der Waals surface area contributed by atoms with Gasteiger partial charge in [0.2, 0.25) is 0 Å². The summed E-state index contributed by atoms with van der Waals surface area (Å²) in [7, 11) is 0. The molecule has 1 heterocycles. The predicted molar refractivity (Wildman–Crippen MR) is 82.8 cm³/mol.